The molecule has 2 N–H and O–H groups in total. The van der Waals surface area contributed by atoms with Crippen LogP contribution in [0.2, 0.25) is 0 Å². The third-order valence-electron chi connectivity index (χ3n) is 3.97. The highest BCUT2D eigenvalue weighted by atomic mass is 16.5. The molecule has 1 fully saturated rings. The highest BCUT2D eigenvalue weighted by Crippen LogP contribution is 2.30. The van der Waals surface area contributed by atoms with Crippen molar-refractivity contribution in [2.45, 2.75) is 31.8 Å². The summed E-state index contributed by atoms with van der Waals surface area (Å²) in [7, 11) is 3.94. The molecule has 16 heavy (non-hydrogen) atoms. The molecule has 0 saturated carbocycles. The number of hydrogen-bond donors (Lipinski definition) is 1. The summed E-state index contributed by atoms with van der Waals surface area (Å²) in [5.41, 5.74) is 6.19. The maximum Gasteiger partial charge on any atom is 0.0589 e. The van der Waals surface area contributed by atoms with E-state index in [0.29, 0.717) is 6.04 Å². The molecule has 0 amide bonds. The van der Waals surface area contributed by atoms with Crippen molar-refractivity contribution in [3.05, 3.63) is 0 Å². The first-order valence-electron chi connectivity index (χ1n) is 6.24. The fourth-order valence-electron chi connectivity index (χ4n) is 2.83. The SMILES string of the molecule is CCN(CCOC)C1(CN)CC(C)N(C)C1. The third-order valence-corrected chi connectivity index (χ3v) is 3.97. The molecule has 1 saturated heterocycles. The first-order chi connectivity index (χ1) is 7.59. The van der Waals surface area contributed by atoms with Gasteiger partial charge in [-0.25, -0.2) is 0 Å². The summed E-state index contributed by atoms with van der Waals surface area (Å²) in [6, 6.07) is 0.625. The Balaban J connectivity index is 2.70. The van der Waals surface area contributed by atoms with Gasteiger partial charge < -0.3 is 15.4 Å². The monoisotopic (exact) mass is 229 g/mol. The van der Waals surface area contributed by atoms with Crippen molar-refractivity contribution in [2.75, 3.05) is 46.9 Å². The zero-order valence-corrected chi connectivity index (χ0v) is 11.2. The lowest BCUT2D eigenvalue weighted by Crippen LogP contribution is -2.56. The molecule has 0 aromatic carbocycles. The highest BCUT2D eigenvalue weighted by Gasteiger charge is 2.43. The molecule has 0 aliphatic carbocycles. The summed E-state index contributed by atoms with van der Waals surface area (Å²) in [6.45, 7) is 9.10. The van der Waals surface area contributed by atoms with E-state index < -0.39 is 0 Å². The van der Waals surface area contributed by atoms with Gasteiger partial charge >= 0.3 is 0 Å². The zero-order valence-electron chi connectivity index (χ0n) is 11.2. The van der Waals surface area contributed by atoms with E-state index in [1.165, 1.54) is 0 Å². The maximum absolute atomic E-state index is 6.03. The van der Waals surface area contributed by atoms with Crippen LogP contribution in [0.1, 0.15) is 20.3 Å². The van der Waals surface area contributed by atoms with Gasteiger partial charge in [-0.2, -0.15) is 0 Å². The van der Waals surface area contributed by atoms with E-state index in [-0.39, 0.29) is 5.54 Å². The molecule has 4 heteroatoms. The average Bonchev–Trinajstić information content (AvgIpc) is 2.57. The quantitative estimate of drug-likeness (QED) is 0.715. The van der Waals surface area contributed by atoms with Crippen LogP contribution in [0.15, 0.2) is 0 Å². The molecule has 0 aromatic heterocycles. The van der Waals surface area contributed by atoms with Gasteiger partial charge in [-0.3, -0.25) is 4.90 Å². The van der Waals surface area contributed by atoms with Gasteiger partial charge in [-0.05, 0) is 26.9 Å². The van der Waals surface area contributed by atoms with Crippen molar-refractivity contribution < 1.29 is 4.74 Å². The van der Waals surface area contributed by atoms with Crippen LogP contribution in [0.3, 0.4) is 0 Å². The van der Waals surface area contributed by atoms with Crippen molar-refractivity contribution in [2.24, 2.45) is 5.73 Å². The van der Waals surface area contributed by atoms with Crippen LogP contribution in [0.25, 0.3) is 0 Å². The number of likely N-dealkylation sites (N-methyl/N-ethyl adjacent to an activating group) is 2. The summed E-state index contributed by atoms with van der Waals surface area (Å²) < 4.78 is 5.18. The molecular formula is C12H27N3O. The first kappa shape index (κ1) is 13.9. The van der Waals surface area contributed by atoms with Crippen LogP contribution in [0.4, 0.5) is 0 Å². The molecule has 0 aromatic rings. The minimum atomic E-state index is 0.154. The number of nitrogens with two attached hydrogens (primary N) is 1. The Morgan fingerprint density at radius 2 is 2.25 bits per heavy atom. The number of nitrogens with zero attached hydrogens (tertiary/aromatic N) is 2. The predicted octanol–water partition coefficient (Wildman–Crippen LogP) is 0.376. The van der Waals surface area contributed by atoms with E-state index in [0.717, 1.165) is 39.2 Å². The summed E-state index contributed by atoms with van der Waals surface area (Å²) in [5, 5.41) is 0. The lowest BCUT2D eigenvalue weighted by molar-refractivity contribution is 0.0701. The third kappa shape index (κ3) is 2.74. The highest BCUT2D eigenvalue weighted by molar-refractivity contribution is 5.02. The normalized spacial score (nSPS) is 31.5. The van der Waals surface area contributed by atoms with E-state index in [9.17, 15) is 0 Å². The maximum atomic E-state index is 6.03. The second kappa shape index (κ2) is 5.96. The van der Waals surface area contributed by atoms with Crippen molar-refractivity contribution in [1.82, 2.24) is 9.80 Å². The molecule has 96 valence electrons. The van der Waals surface area contributed by atoms with Gasteiger partial charge in [0.1, 0.15) is 0 Å². The van der Waals surface area contributed by atoms with Crippen molar-refractivity contribution in [3.63, 3.8) is 0 Å². The van der Waals surface area contributed by atoms with E-state index in [1.54, 1.807) is 7.11 Å². The van der Waals surface area contributed by atoms with Gasteiger partial charge in [-0.15, -0.1) is 0 Å². The second-order valence-corrected chi connectivity index (χ2v) is 4.97. The minimum absolute atomic E-state index is 0.154. The van der Waals surface area contributed by atoms with Gasteiger partial charge in [0.2, 0.25) is 0 Å². The smallest absolute Gasteiger partial charge is 0.0589 e. The van der Waals surface area contributed by atoms with Crippen LogP contribution in [0.5, 0.6) is 0 Å². The van der Waals surface area contributed by atoms with Crippen molar-refractivity contribution in [3.8, 4) is 0 Å². The van der Waals surface area contributed by atoms with Crippen LogP contribution >= 0.6 is 0 Å². The van der Waals surface area contributed by atoms with Crippen LogP contribution in [0, 0.1) is 0 Å². The zero-order chi connectivity index (χ0) is 12.2. The molecule has 1 rings (SSSR count). The molecule has 1 heterocycles. The predicted molar refractivity (Wildman–Crippen MR) is 67.6 cm³/mol. The number of rotatable bonds is 6. The van der Waals surface area contributed by atoms with E-state index >= 15 is 0 Å². The Bertz CT molecular complexity index is 200. The van der Waals surface area contributed by atoms with Gasteiger partial charge in [0.05, 0.1) is 6.61 Å². The number of hydrogen-bond acceptors (Lipinski definition) is 4. The molecule has 0 radical (unpaired) electrons. The average molecular weight is 229 g/mol. The Morgan fingerprint density at radius 3 is 2.62 bits per heavy atom. The van der Waals surface area contributed by atoms with Crippen molar-refractivity contribution in [1.29, 1.82) is 0 Å². The molecule has 0 spiro atoms. The molecule has 4 nitrogen and oxygen atoms in total. The van der Waals surface area contributed by atoms with Crippen LogP contribution < -0.4 is 5.73 Å². The summed E-state index contributed by atoms with van der Waals surface area (Å²) in [4.78, 5) is 4.89. The molecule has 2 atom stereocenters. The molecule has 2 unspecified atom stereocenters. The standard InChI is InChI=1S/C12H27N3O/c1-5-15(6-7-16-4)12(9-13)8-11(2)14(3)10-12/h11H,5-10,13H2,1-4H3. The Labute approximate surface area is 99.7 Å². The summed E-state index contributed by atoms with van der Waals surface area (Å²) in [5.74, 6) is 0. The Hall–Kier alpha value is -0.160. The molecule has 1 aliphatic rings. The minimum Gasteiger partial charge on any atom is -0.383 e. The first-order valence-corrected chi connectivity index (χ1v) is 6.24. The molecular weight excluding hydrogens is 202 g/mol. The molecule has 0 bridgehead atoms. The van der Waals surface area contributed by atoms with E-state index in [1.807, 2.05) is 0 Å². The largest absolute Gasteiger partial charge is 0.383 e. The van der Waals surface area contributed by atoms with E-state index in [4.69, 9.17) is 10.5 Å². The lowest BCUT2D eigenvalue weighted by atomic mass is 9.94. The van der Waals surface area contributed by atoms with Gasteiger partial charge in [0.25, 0.3) is 0 Å². The topological polar surface area (TPSA) is 41.7 Å². The van der Waals surface area contributed by atoms with Gasteiger partial charge in [-0.1, -0.05) is 6.92 Å². The van der Waals surface area contributed by atoms with E-state index in [2.05, 4.69) is 30.7 Å². The van der Waals surface area contributed by atoms with Crippen LogP contribution in [-0.4, -0.2) is 68.3 Å². The number of ether oxygens (including phenoxy) is 1. The van der Waals surface area contributed by atoms with Gasteiger partial charge in [0.15, 0.2) is 0 Å². The Morgan fingerprint density at radius 1 is 1.56 bits per heavy atom. The second-order valence-electron chi connectivity index (χ2n) is 4.97. The number of methoxy groups -OCH3 is 1. The number of likely N-dealkylation sites (tertiary alicyclic amines) is 1. The summed E-state index contributed by atoms with van der Waals surface area (Å²) in [6.07, 6.45) is 1.16. The fourth-order valence-corrected chi connectivity index (χ4v) is 2.83. The Kier molecular flexibility index (Phi) is 5.18. The van der Waals surface area contributed by atoms with Gasteiger partial charge in [0, 0.05) is 38.3 Å². The van der Waals surface area contributed by atoms with Crippen LogP contribution in [-0.2, 0) is 4.74 Å². The lowest BCUT2D eigenvalue weighted by Gasteiger charge is -2.40. The molecule has 1 aliphatic heterocycles. The fraction of sp³-hybridized carbons (Fsp3) is 1.00. The van der Waals surface area contributed by atoms with Crippen molar-refractivity contribution >= 4 is 0 Å². The summed E-state index contributed by atoms with van der Waals surface area (Å²) >= 11 is 0.